The van der Waals surface area contributed by atoms with Crippen LogP contribution in [0.3, 0.4) is 0 Å². The Bertz CT molecular complexity index is 1340. The Kier molecular flexibility index (Phi) is 6.67. The van der Waals surface area contributed by atoms with Crippen molar-refractivity contribution in [1.29, 1.82) is 0 Å². The van der Waals surface area contributed by atoms with Gasteiger partial charge in [0.2, 0.25) is 11.8 Å². The third-order valence-electron chi connectivity index (χ3n) is 10.2. The number of fused-ring (bicyclic) bond motifs is 3. The lowest BCUT2D eigenvalue weighted by Crippen LogP contribution is -2.45. The molecule has 5 fully saturated rings. The van der Waals surface area contributed by atoms with E-state index in [1.54, 1.807) is 6.20 Å². The van der Waals surface area contributed by atoms with Gasteiger partial charge in [0.05, 0.1) is 12.8 Å². The minimum absolute atomic E-state index is 0.0246. The molecule has 8 nitrogen and oxygen atoms in total. The van der Waals surface area contributed by atoms with Gasteiger partial charge in [-0.3, -0.25) is 4.79 Å². The molecule has 8 rings (SSSR count). The zero-order valence-electron chi connectivity index (χ0n) is 23.5. The van der Waals surface area contributed by atoms with Gasteiger partial charge < -0.3 is 19.0 Å². The summed E-state index contributed by atoms with van der Waals surface area (Å²) >= 11 is 0. The molecular weight excluding hydrogens is 504 g/mol. The molecule has 2 aromatic heterocycles. The third kappa shape index (κ3) is 4.83. The molecule has 2 bridgehead atoms. The molecule has 2 heterocycles. The van der Waals surface area contributed by atoms with Gasteiger partial charge in [-0.25, -0.2) is 0 Å². The van der Waals surface area contributed by atoms with Crippen molar-refractivity contribution < 1.29 is 18.5 Å². The summed E-state index contributed by atoms with van der Waals surface area (Å²) in [6, 6.07) is 6.16. The molecule has 212 valence electrons. The highest BCUT2D eigenvalue weighted by molar-refractivity contribution is 5.94. The maximum absolute atomic E-state index is 13.4. The summed E-state index contributed by atoms with van der Waals surface area (Å²) in [5.41, 5.74) is 3.24. The average molecular weight is 545 g/mol. The molecule has 0 aliphatic heterocycles. The lowest BCUT2D eigenvalue weighted by Gasteiger charge is -2.52. The Hall–Kier alpha value is -3.16. The fourth-order valence-electron chi connectivity index (χ4n) is 7.48. The second kappa shape index (κ2) is 10.3. The Labute approximate surface area is 235 Å². The van der Waals surface area contributed by atoms with E-state index in [1.165, 1.54) is 19.3 Å². The normalized spacial score (nSPS) is 26.6. The van der Waals surface area contributed by atoms with E-state index in [0.717, 1.165) is 99.2 Å². The number of hydrogen-bond donors (Lipinski definition) is 1. The molecule has 8 heteroatoms. The molecule has 5 saturated carbocycles. The van der Waals surface area contributed by atoms with Gasteiger partial charge in [0, 0.05) is 28.5 Å². The van der Waals surface area contributed by atoms with E-state index >= 15 is 0 Å². The molecule has 40 heavy (non-hydrogen) atoms. The largest absolute Gasteiger partial charge is 0.450 e. The summed E-state index contributed by atoms with van der Waals surface area (Å²) in [7, 11) is 0. The van der Waals surface area contributed by atoms with E-state index in [2.05, 4.69) is 27.6 Å². The topological polar surface area (TPSA) is 103 Å². The Morgan fingerprint density at radius 2 is 1.82 bits per heavy atom. The summed E-state index contributed by atoms with van der Waals surface area (Å²) < 4.78 is 17.4. The Morgan fingerprint density at radius 1 is 1.05 bits per heavy atom. The van der Waals surface area contributed by atoms with Crippen LogP contribution < -0.4 is 10.1 Å². The van der Waals surface area contributed by atoms with Crippen LogP contribution in [0.2, 0.25) is 0 Å². The molecule has 0 unspecified atom stereocenters. The first kappa shape index (κ1) is 25.8. The van der Waals surface area contributed by atoms with E-state index < -0.39 is 0 Å². The number of carbonyl (C=O) groups is 1. The van der Waals surface area contributed by atoms with Crippen LogP contribution >= 0.6 is 0 Å². The Balaban J connectivity index is 1.16. The number of hydrogen-bond acceptors (Lipinski definition) is 7. The van der Waals surface area contributed by atoms with Gasteiger partial charge >= 0.3 is 6.08 Å². The predicted octanol–water partition coefficient (Wildman–Crippen LogP) is 7.35. The lowest BCUT2D eigenvalue weighted by atomic mass is 9.52. The summed E-state index contributed by atoms with van der Waals surface area (Å²) in [5.74, 6) is 3.22. The smallest absolute Gasteiger partial charge is 0.394 e. The number of rotatable bonds is 9. The summed E-state index contributed by atoms with van der Waals surface area (Å²) in [4.78, 5) is 22.6. The van der Waals surface area contributed by atoms with Gasteiger partial charge in [-0.05, 0) is 94.6 Å². The lowest BCUT2D eigenvalue weighted by molar-refractivity contribution is -0.120. The van der Waals surface area contributed by atoms with E-state index in [9.17, 15) is 4.79 Å². The highest BCUT2D eigenvalue weighted by atomic mass is 16.6. The number of anilines is 1. The van der Waals surface area contributed by atoms with Crippen molar-refractivity contribution in [3.05, 3.63) is 41.7 Å². The van der Waals surface area contributed by atoms with Crippen LogP contribution in [-0.2, 0) is 16.6 Å². The van der Waals surface area contributed by atoms with Crippen molar-refractivity contribution in [2.75, 3.05) is 11.9 Å². The molecule has 0 saturated heterocycles. The van der Waals surface area contributed by atoms with Gasteiger partial charge in [-0.2, -0.15) is 9.97 Å². The molecule has 0 radical (unpaired) electrons. The number of benzene rings is 1. The molecule has 0 spiro atoms. The van der Waals surface area contributed by atoms with Crippen LogP contribution in [0, 0.1) is 11.3 Å². The van der Waals surface area contributed by atoms with Gasteiger partial charge in [-0.15, -0.1) is 0 Å². The zero-order chi connectivity index (χ0) is 27.2. The van der Waals surface area contributed by atoms with Crippen molar-refractivity contribution in [3.63, 3.8) is 0 Å². The van der Waals surface area contributed by atoms with Crippen molar-refractivity contribution in [2.45, 2.75) is 108 Å². The van der Waals surface area contributed by atoms with Gasteiger partial charge in [0.15, 0.2) is 11.6 Å². The van der Waals surface area contributed by atoms with E-state index in [0.29, 0.717) is 18.3 Å². The van der Waals surface area contributed by atoms with Crippen LogP contribution in [0.1, 0.15) is 114 Å². The molecule has 5 aliphatic carbocycles. The molecule has 1 N–H and O–H groups in total. The van der Waals surface area contributed by atoms with Gasteiger partial charge in [0.1, 0.15) is 0 Å². The quantitative estimate of drug-likeness (QED) is 0.300. The van der Waals surface area contributed by atoms with Crippen LogP contribution in [0.5, 0.6) is 6.08 Å². The number of aromatic nitrogens is 3. The average Bonchev–Trinajstić information content (AvgIpc) is 3.52. The Morgan fingerprint density at radius 3 is 2.55 bits per heavy atom. The van der Waals surface area contributed by atoms with E-state index in [1.807, 2.05) is 13.0 Å². The van der Waals surface area contributed by atoms with Crippen molar-refractivity contribution in [2.24, 2.45) is 11.3 Å². The first-order valence-electron chi connectivity index (χ1n) is 15.4. The highest BCUT2D eigenvalue weighted by Gasteiger charge is 2.52. The van der Waals surface area contributed by atoms with Crippen LogP contribution in [0.25, 0.3) is 11.3 Å². The zero-order valence-corrected chi connectivity index (χ0v) is 23.5. The number of nitrogens with zero attached hydrogens (tertiary/aromatic N) is 3. The van der Waals surface area contributed by atoms with E-state index in [4.69, 9.17) is 18.7 Å². The molecule has 3 aromatic rings. The number of carbonyl (C=O) groups excluding carboxylic acids is 1. The molecule has 1 amide bonds. The predicted molar refractivity (Wildman–Crippen MR) is 150 cm³/mol. The first-order valence-corrected chi connectivity index (χ1v) is 15.4. The van der Waals surface area contributed by atoms with Crippen molar-refractivity contribution >= 4 is 11.6 Å². The minimum Gasteiger partial charge on any atom is -0.450 e. The standard InChI is InChI=1S/C32H40N4O4/c1-2-38-30-33-20-26(39-30)23-9-6-10-25(34-28(37)22-7-4-3-5-8-22)24(23)19-31-13-16-32(17-14-31,18-15-31)29-35-27(36-40-29)21-11-12-21/h6,9-10,20-22H,2-5,7-8,11-19H2,1H3,(H,34,37). The van der Waals surface area contributed by atoms with Gasteiger partial charge in [0.25, 0.3) is 0 Å². The highest BCUT2D eigenvalue weighted by Crippen LogP contribution is 2.59. The molecular formula is C32H40N4O4. The van der Waals surface area contributed by atoms with E-state index in [-0.39, 0.29) is 28.7 Å². The summed E-state index contributed by atoms with van der Waals surface area (Å²) in [6.07, 6.45) is 17.3. The van der Waals surface area contributed by atoms with Crippen LogP contribution in [0.4, 0.5) is 5.69 Å². The minimum atomic E-state index is 0.0246. The number of oxazole rings is 1. The van der Waals surface area contributed by atoms with Crippen molar-refractivity contribution in [3.8, 4) is 17.4 Å². The molecule has 5 aliphatic rings. The van der Waals surface area contributed by atoms with Gasteiger partial charge in [-0.1, -0.05) is 36.6 Å². The SMILES string of the molecule is CCOc1ncc(-c2cccc(NC(=O)C3CCCCC3)c2CC23CCC(c4nc(C5CC5)no4)(CC2)CC3)o1. The van der Waals surface area contributed by atoms with Crippen LogP contribution in [0.15, 0.2) is 33.3 Å². The monoisotopic (exact) mass is 544 g/mol. The maximum atomic E-state index is 13.4. The summed E-state index contributed by atoms with van der Waals surface area (Å²) in [5, 5.41) is 7.69. The fraction of sp³-hybridized carbons (Fsp3) is 0.625. The summed E-state index contributed by atoms with van der Waals surface area (Å²) in [6.45, 7) is 2.42. The number of nitrogens with one attached hydrogen (secondary N) is 1. The second-order valence-electron chi connectivity index (χ2n) is 12.8. The van der Waals surface area contributed by atoms with Crippen molar-refractivity contribution in [1.82, 2.24) is 15.1 Å². The maximum Gasteiger partial charge on any atom is 0.394 e. The fourth-order valence-corrected chi connectivity index (χ4v) is 7.48. The van der Waals surface area contributed by atoms with Crippen LogP contribution in [-0.4, -0.2) is 27.6 Å². The number of amides is 1. The second-order valence-corrected chi connectivity index (χ2v) is 12.8. The number of ether oxygens (including phenoxy) is 1. The molecule has 1 aromatic carbocycles. The first-order chi connectivity index (χ1) is 19.6. The third-order valence-corrected chi connectivity index (χ3v) is 10.2. The molecule has 0 atom stereocenters.